The van der Waals surface area contributed by atoms with Crippen molar-refractivity contribution < 1.29 is 14.6 Å². The van der Waals surface area contributed by atoms with Crippen LogP contribution in [-0.2, 0) is 4.74 Å². The molecule has 1 aromatic heterocycles. The van der Waals surface area contributed by atoms with Crippen molar-refractivity contribution >= 4 is 23.5 Å². The van der Waals surface area contributed by atoms with Crippen molar-refractivity contribution in [2.24, 2.45) is 0 Å². The van der Waals surface area contributed by atoms with E-state index in [1.807, 2.05) is 6.26 Å². The van der Waals surface area contributed by atoms with E-state index in [1.54, 1.807) is 31.7 Å². The van der Waals surface area contributed by atoms with E-state index < -0.39 is 11.6 Å². The molecule has 0 saturated heterocycles. The average molecular weight is 285 g/mol. The summed E-state index contributed by atoms with van der Waals surface area (Å²) in [5.74, 6) is 0.528. The Hall–Kier alpha value is -1.34. The second-order valence-electron chi connectivity index (χ2n) is 4.49. The summed E-state index contributed by atoms with van der Waals surface area (Å²) in [5.41, 5.74) is -0.189. The van der Waals surface area contributed by atoms with Crippen LogP contribution in [0.25, 0.3) is 0 Å². The third kappa shape index (κ3) is 5.04. The molecule has 7 heteroatoms. The number of hydrogen-bond donors (Lipinski definition) is 2. The van der Waals surface area contributed by atoms with E-state index in [4.69, 9.17) is 0 Å². The Labute approximate surface area is 117 Å². The van der Waals surface area contributed by atoms with E-state index in [1.165, 1.54) is 7.11 Å². The Balaban J connectivity index is 2.79. The molecule has 0 spiro atoms. The summed E-state index contributed by atoms with van der Waals surface area (Å²) in [6.07, 6.45) is 1.93. The number of hydrogen-bond acceptors (Lipinski definition) is 7. The molecule has 0 aliphatic carbocycles. The molecule has 19 heavy (non-hydrogen) atoms. The Bertz CT molecular complexity index is 452. The summed E-state index contributed by atoms with van der Waals surface area (Å²) in [6.45, 7) is 3.84. The van der Waals surface area contributed by atoms with Gasteiger partial charge in [0.25, 0.3) is 0 Å². The van der Waals surface area contributed by atoms with Crippen LogP contribution in [0.15, 0.2) is 6.07 Å². The molecule has 0 aliphatic rings. The van der Waals surface area contributed by atoms with Crippen LogP contribution in [0.1, 0.15) is 23.2 Å². The Kier molecular flexibility index (Phi) is 5.56. The van der Waals surface area contributed by atoms with Gasteiger partial charge in [0.1, 0.15) is 5.82 Å². The number of aromatic nitrogens is 2. The second kappa shape index (κ2) is 6.72. The fourth-order valence-electron chi connectivity index (χ4n) is 1.48. The van der Waals surface area contributed by atoms with E-state index in [2.05, 4.69) is 20.0 Å². The fourth-order valence-corrected chi connectivity index (χ4v) is 2.21. The highest BCUT2D eigenvalue weighted by Gasteiger charge is 2.20. The maximum absolute atomic E-state index is 11.4. The molecular weight excluding hydrogens is 266 g/mol. The molecule has 0 saturated carbocycles. The molecule has 0 aliphatic heterocycles. The number of thioether (sulfide) groups is 1. The zero-order valence-electron chi connectivity index (χ0n) is 11.6. The topological polar surface area (TPSA) is 84.3 Å². The van der Waals surface area contributed by atoms with Crippen molar-refractivity contribution in [3.05, 3.63) is 17.6 Å². The zero-order chi connectivity index (χ0) is 14.5. The first-order valence-electron chi connectivity index (χ1n) is 5.77. The third-order valence-corrected chi connectivity index (χ3v) is 3.24. The molecule has 106 valence electrons. The minimum absolute atomic E-state index is 0.00880. The summed E-state index contributed by atoms with van der Waals surface area (Å²) in [7, 11) is 1.28. The molecule has 1 atom stereocenters. The molecule has 0 bridgehead atoms. The molecule has 0 amide bonds. The van der Waals surface area contributed by atoms with Crippen molar-refractivity contribution in [1.82, 2.24) is 9.97 Å². The molecule has 0 aromatic carbocycles. The number of aliphatic hydroxyl groups is 1. The minimum atomic E-state index is -0.844. The van der Waals surface area contributed by atoms with Gasteiger partial charge in [0.15, 0.2) is 0 Å². The molecule has 6 nitrogen and oxygen atoms in total. The van der Waals surface area contributed by atoms with Gasteiger partial charge in [0, 0.05) is 24.1 Å². The van der Waals surface area contributed by atoms with Gasteiger partial charge >= 0.3 is 5.97 Å². The SMILES string of the molecule is COC(=O)c1nc(C)cc(NCC(C)(O)CSC)n1. The summed E-state index contributed by atoms with van der Waals surface area (Å²) < 4.78 is 4.59. The Morgan fingerprint density at radius 3 is 2.84 bits per heavy atom. The quantitative estimate of drug-likeness (QED) is 0.757. The van der Waals surface area contributed by atoms with Crippen molar-refractivity contribution in [1.29, 1.82) is 0 Å². The molecule has 0 fully saturated rings. The van der Waals surface area contributed by atoms with Crippen LogP contribution in [0.3, 0.4) is 0 Å². The predicted molar refractivity (Wildman–Crippen MR) is 75.6 cm³/mol. The molecule has 0 radical (unpaired) electrons. The molecule has 1 aromatic rings. The van der Waals surface area contributed by atoms with Crippen LogP contribution in [0.2, 0.25) is 0 Å². The lowest BCUT2D eigenvalue weighted by atomic mass is 10.1. The summed E-state index contributed by atoms with van der Waals surface area (Å²) in [6, 6.07) is 1.71. The normalized spacial score (nSPS) is 13.7. The van der Waals surface area contributed by atoms with Crippen molar-refractivity contribution in [3.63, 3.8) is 0 Å². The number of aryl methyl sites for hydroxylation is 1. The zero-order valence-corrected chi connectivity index (χ0v) is 12.4. The van der Waals surface area contributed by atoms with E-state index >= 15 is 0 Å². The highest BCUT2D eigenvalue weighted by atomic mass is 32.2. The van der Waals surface area contributed by atoms with Crippen LogP contribution in [-0.4, -0.2) is 52.3 Å². The molecule has 1 heterocycles. The standard InChI is InChI=1S/C12H19N3O3S/c1-8-5-9(13-6-12(2,17)7-19-4)15-10(14-8)11(16)18-3/h5,17H,6-7H2,1-4H3,(H,13,14,15). The van der Waals surface area contributed by atoms with Gasteiger partial charge < -0.3 is 15.2 Å². The van der Waals surface area contributed by atoms with Crippen LogP contribution in [0.5, 0.6) is 0 Å². The number of nitrogens with zero attached hydrogens (tertiary/aromatic N) is 2. The van der Waals surface area contributed by atoms with E-state index in [9.17, 15) is 9.90 Å². The van der Waals surface area contributed by atoms with Gasteiger partial charge in [-0.05, 0) is 20.1 Å². The van der Waals surface area contributed by atoms with E-state index in [0.29, 0.717) is 23.8 Å². The van der Waals surface area contributed by atoms with E-state index in [0.717, 1.165) is 0 Å². The predicted octanol–water partition coefficient (Wildman–Crippen LogP) is 1.10. The Morgan fingerprint density at radius 1 is 1.58 bits per heavy atom. The first-order valence-corrected chi connectivity index (χ1v) is 7.16. The third-order valence-electron chi connectivity index (χ3n) is 2.33. The number of nitrogens with one attached hydrogen (secondary N) is 1. The number of esters is 1. The van der Waals surface area contributed by atoms with Gasteiger partial charge in [-0.15, -0.1) is 0 Å². The Morgan fingerprint density at radius 2 is 2.26 bits per heavy atom. The van der Waals surface area contributed by atoms with Gasteiger partial charge in [0.2, 0.25) is 5.82 Å². The number of ether oxygens (including phenoxy) is 1. The first kappa shape index (κ1) is 15.7. The fraction of sp³-hybridized carbons (Fsp3) is 0.583. The van der Waals surface area contributed by atoms with Crippen molar-refractivity contribution in [2.45, 2.75) is 19.4 Å². The number of anilines is 1. The van der Waals surface area contributed by atoms with Gasteiger partial charge in [-0.1, -0.05) is 0 Å². The van der Waals surface area contributed by atoms with E-state index in [-0.39, 0.29) is 5.82 Å². The number of methoxy groups -OCH3 is 1. The maximum Gasteiger partial charge on any atom is 0.376 e. The van der Waals surface area contributed by atoms with Crippen LogP contribution in [0.4, 0.5) is 5.82 Å². The van der Waals surface area contributed by atoms with Gasteiger partial charge in [0.05, 0.1) is 12.7 Å². The smallest absolute Gasteiger partial charge is 0.376 e. The lowest BCUT2D eigenvalue weighted by Crippen LogP contribution is -2.36. The monoisotopic (exact) mass is 285 g/mol. The molecular formula is C12H19N3O3S. The van der Waals surface area contributed by atoms with Crippen molar-refractivity contribution in [3.8, 4) is 0 Å². The number of carbonyl (C=O) groups excluding carboxylic acids is 1. The number of rotatable bonds is 6. The van der Waals surface area contributed by atoms with Crippen LogP contribution in [0, 0.1) is 6.92 Å². The van der Waals surface area contributed by atoms with Crippen LogP contribution < -0.4 is 5.32 Å². The maximum atomic E-state index is 11.4. The second-order valence-corrected chi connectivity index (χ2v) is 5.36. The van der Waals surface area contributed by atoms with Crippen LogP contribution >= 0.6 is 11.8 Å². The molecule has 1 rings (SSSR count). The largest absolute Gasteiger partial charge is 0.463 e. The molecule has 1 unspecified atom stereocenters. The highest BCUT2D eigenvalue weighted by Crippen LogP contribution is 2.13. The minimum Gasteiger partial charge on any atom is -0.463 e. The molecule has 2 N–H and O–H groups in total. The van der Waals surface area contributed by atoms with Gasteiger partial charge in [-0.25, -0.2) is 14.8 Å². The summed E-state index contributed by atoms with van der Waals surface area (Å²) >= 11 is 1.56. The first-order chi connectivity index (χ1) is 8.88. The lowest BCUT2D eigenvalue weighted by molar-refractivity contribution is 0.0586. The number of carbonyl (C=O) groups is 1. The van der Waals surface area contributed by atoms with Gasteiger partial charge in [-0.2, -0.15) is 11.8 Å². The summed E-state index contributed by atoms with van der Waals surface area (Å²) in [5, 5.41) is 13.1. The lowest BCUT2D eigenvalue weighted by Gasteiger charge is -2.22. The highest BCUT2D eigenvalue weighted by molar-refractivity contribution is 7.98. The average Bonchev–Trinajstić information content (AvgIpc) is 2.35. The van der Waals surface area contributed by atoms with Gasteiger partial charge in [-0.3, -0.25) is 0 Å². The summed E-state index contributed by atoms with van der Waals surface area (Å²) in [4.78, 5) is 19.4. The van der Waals surface area contributed by atoms with Crippen molar-refractivity contribution in [2.75, 3.05) is 31.0 Å².